The van der Waals surface area contributed by atoms with Crippen LogP contribution in [0.2, 0.25) is 0 Å². The van der Waals surface area contributed by atoms with E-state index in [1.165, 1.54) is 0 Å². The number of hydrogen-bond acceptors (Lipinski definition) is 4. The van der Waals surface area contributed by atoms with E-state index in [-0.39, 0.29) is 12.4 Å². The summed E-state index contributed by atoms with van der Waals surface area (Å²) < 4.78 is 11.4. The molecule has 2 aromatic carbocycles. The normalized spacial score (nSPS) is 14.4. The highest BCUT2D eigenvalue weighted by molar-refractivity contribution is 5.85. The van der Waals surface area contributed by atoms with Crippen LogP contribution < -0.4 is 15.4 Å². The highest BCUT2D eigenvalue weighted by Crippen LogP contribution is 2.34. The second-order valence-electron chi connectivity index (χ2n) is 4.74. The molecule has 0 bridgehead atoms. The molecular weight excluding hydrogens is 288 g/mol. The van der Waals surface area contributed by atoms with E-state index in [1.807, 2.05) is 48.5 Å². The first-order valence-electron chi connectivity index (χ1n) is 6.78. The van der Waals surface area contributed by atoms with Crippen molar-refractivity contribution in [2.75, 3.05) is 36.9 Å². The average Bonchev–Trinajstić information content (AvgIpc) is 2.49. The minimum Gasteiger partial charge on any atom is -0.455 e. The standard InChI is InChI=1S/C16H18N2O2.ClH/c17-13-6-7-15(18-8-10-19-11-9-18)16(12-13)20-14-4-2-1-3-5-14;/h1-7,12H,8-11,17H2;1H. The highest BCUT2D eigenvalue weighted by Gasteiger charge is 2.16. The van der Waals surface area contributed by atoms with Crippen LogP contribution in [0.15, 0.2) is 48.5 Å². The van der Waals surface area contributed by atoms with Crippen LogP contribution in [-0.4, -0.2) is 26.3 Å². The van der Waals surface area contributed by atoms with Crippen molar-refractivity contribution in [1.82, 2.24) is 0 Å². The van der Waals surface area contributed by atoms with Crippen LogP contribution in [0.5, 0.6) is 11.5 Å². The van der Waals surface area contributed by atoms with Crippen molar-refractivity contribution in [3.63, 3.8) is 0 Å². The summed E-state index contributed by atoms with van der Waals surface area (Å²) in [6.07, 6.45) is 0. The number of morpholine rings is 1. The third kappa shape index (κ3) is 3.80. The molecule has 1 heterocycles. The van der Waals surface area contributed by atoms with Gasteiger partial charge in [0.2, 0.25) is 0 Å². The molecule has 0 saturated carbocycles. The predicted molar refractivity (Wildman–Crippen MR) is 87.7 cm³/mol. The Morgan fingerprint density at radius 1 is 1.00 bits per heavy atom. The van der Waals surface area contributed by atoms with Gasteiger partial charge in [0.15, 0.2) is 5.75 Å². The third-order valence-corrected chi connectivity index (χ3v) is 3.31. The molecule has 1 aliphatic heterocycles. The summed E-state index contributed by atoms with van der Waals surface area (Å²) in [5.41, 5.74) is 7.65. The van der Waals surface area contributed by atoms with Crippen LogP contribution in [0, 0.1) is 0 Å². The largest absolute Gasteiger partial charge is 0.455 e. The molecule has 0 aliphatic carbocycles. The number of rotatable bonds is 3. The fourth-order valence-electron chi connectivity index (χ4n) is 2.29. The fourth-order valence-corrected chi connectivity index (χ4v) is 2.29. The van der Waals surface area contributed by atoms with E-state index in [1.54, 1.807) is 0 Å². The topological polar surface area (TPSA) is 47.7 Å². The minimum absolute atomic E-state index is 0. The van der Waals surface area contributed by atoms with Crippen molar-refractivity contribution in [1.29, 1.82) is 0 Å². The van der Waals surface area contributed by atoms with Gasteiger partial charge in [-0.1, -0.05) is 18.2 Å². The van der Waals surface area contributed by atoms with E-state index in [0.717, 1.165) is 43.5 Å². The lowest BCUT2D eigenvalue weighted by Crippen LogP contribution is -2.36. The fraction of sp³-hybridized carbons (Fsp3) is 0.250. The predicted octanol–water partition coefficient (Wildman–Crippen LogP) is 3.32. The van der Waals surface area contributed by atoms with E-state index in [2.05, 4.69) is 4.90 Å². The molecule has 1 saturated heterocycles. The Kier molecular flexibility index (Phi) is 5.31. The quantitative estimate of drug-likeness (QED) is 0.884. The molecule has 5 heteroatoms. The molecule has 1 aliphatic rings. The summed E-state index contributed by atoms with van der Waals surface area (Å²) in [4.78, 5) is 2.27. The van der Waals surface area contributed by atoms with Gasteiger partial charge in [-0.3, -0.25) is 0 Å². The lowest BCUT2D eigenvalue weighted by atomic mass is 10.2. The molecule has 0 spiro atoms. The van der Waals surface area contributed by atoms with Gasteiger partial charge in [0.05, 0.1) is 18.9 Å². The second kappa shape index (κ2) is 7.20. The molecule has 0 aromatic heterocycles. The Morgan fingerprint density at radius 3 is 2.43 bits per heavy atom. The monoisotopic (exact) mass is 306 g/mol. The number of halogens is 1. The summed E-state index contributed by atoms with van der Waals surface area (Å²) in [7, 11) is 0. The molecule has 0 atom stereocenters. The molecule has 4 nitrogen and oxygen atoms in total. The van der Waals surface area contributed by atoms with Crippen molar-refractivity contribution in [2.24, 2.45) is 0 Å². The molecule has 0 amide bonds. The van der Waals surface area contributed by atoms with Crippen LogP contribution in [0.3, 0.4) is 0 Å². The Labute approximate surface area is 130 Å². The summed E-state index contributed by atoms with van der Waals surface area (Å²) in [5, 5.41) is 0. The second-order valence-corrected chi connectivity index (χ2v) is 4.74. The van der Waals surface area contributed by atoms with Gasteiger partial charge in [-0.15, -0.1) is 12.4 Å². The third-order valence-electron chi connectivity index (χ3n) is 3.31. The molecular formula is C16H19ClN2O2. The summed E-state index contributed by atoms with van der Waals surface area (Å²) in [6.45, 7) is 3.23. The molecule has 1 fully saturated rings. The van der Waals surface area contributed by atoms with E-state index in [4.69, 9.17) is 15.2 Å². The van der Waals surface area contributed by atoms with Crippen molar-refractivity contribution in [3.8, 4) is 11.5 Å². The van der Waals surface area contributed by atoms with Crippen LogP contribution in [0.4, 0.5) is 11.4 Å². The van der Waals surface area contributed by atoms with Crippen LogP contribution >= 0.6 is 12.4 Å². The number of anilines is 2. The van der Waals surface area contributed by atoms with Crippen LogP contribution in [0.25, 0.3) is 0 Å². The Morgan fingerprint density at radius 2 is 1.71 bits per heavy atom. The lowest BCUT2D eigenvalue weighted by Gasteiger charge is -2.30. The first kappa shape index (κ1) is 15.5. The number of para-hydroxylation sites is 1. The number of ether oxygens (including phenoxy) is 2. The summed E-state index contributed by atoms with van der Waals surface area (Å²) in [6, 6.07) is 15.5. The smallest absolute Gasteiger partial charge is 0.152 e. The maximum Gasteiger partial charge on any atom is 0.152 e. The zero-order chi connectivity index (χ0) is 13.8. The van der Waals surface area contributed by atoms with Gasteiger partial charge < -0.3 is 20.1 Å². The molecule has 2 N–H and O–H groups in total. The number of nitrogens with zero attached hydrogens (tertiary/aromatic N) is 1. The van der Waals surface area contributed by atoms with Gasteiger partial charge >= 0.3 is 0 Å². The van der Waals surface area contributed by atoms with Gasteiger partial charge in [0, 0.05) is 24.8 Å². The maximum absolute atomic E-state index is 5.98. The zero-order valence-corrected chi connectivity index (χ0v) is 12.5. The summed E-state index contributed by atoms with van der Waals surface area (Å²) in [5.74, 6) is 1.60. The molecule has 0 radical (unpaired) electrons. The van der Waals surface area contributed by atoms with Gasteiger partial charge in [-0.2, -0.15) is 0 Å². The number of benzene rings is 2. The minimum atomic E-state index is 0. The number of hydrogen-bond donors (Lipinski definition) is 1. The van der Waals surface area contributed by atoms with Gasteiger partial charge in [0.25, 0.3) is 0 Å². The first-order chi connectivity index (χ1) is 9.83. The first-order valence-corrected chi connectivity index (χ1v) is 6.78. The van der Waals surface area contributed by atoms with E-state index >= 15 is 0 Å². The van der Waals surface area contributed by atoms with E-state index < -0.39 is 0 Å². The van der Waals surface area contributed by atoms with Crippen molar-refractivity contribution >= 4 is 23.8 Å². The van der Waals surface area contributed by atoms with E-state index in [0.29, 0.717) is 5.69 Å². The SMILES string of the molecule is Cl.Nc1ccc(N2CCOCC2)c(Oc2ccccc2)c1. The molecule has 0 unspecified atom stereocenters. The zero-order valence-electron chi connectivity index (χ0n) is 11.7. The molecule has 2 aromatic rings. The number of nitrogen functional groups attached to an aromatic ring is 1. The Balaban J connectivity index is 0.00000161. The maximum atomic E-state index is 5.98. The lowest BCUT2D eigenvalue weighted by molar-refractivity contribution is 0.122. The number of nitrogens with two attached hydrogens (primary N) is 1. The Bertz CT molecular complexity index is 572. The van der Waals surface area contributed by atoms with Gasteiger partial charge in [0.1, 0.15) is 5.75 Å². The van der Waals surface area contributed by atoms with Crippen LogP contribution in [0.1, 0.15) is 0 Å². The van der Waals surface area contributed by atoms with Gasteiger partial charge in [-0.25, -0.2) is 0 Å². The summed E-state index contributed by atoms with van der Waals surface area (Å²) >= 11 is 0. The molecule has 3 rings (SSSR count). The average molecular weight is 307 g/mol. The van der Waals surface area contributed by atoms with Gasteiger partial charge in [-0.05, 0) is 24.3 Å². The molecule has 112 valence electrons. The highest BCUT2D eigenvalue weighted by atomic mass is 35.5. The molecule has 21 heavy (non-hydrogen) atoms. The van der Waals surface area contributed by atoms with Crippen molar-refractivity contribution in [2.45, 2.75) is 0 Å². The van der Waals surface area contributed by atoms with E-state index in [9.17, 15) is 0 Å². The van der Waals surface area contributed by atoms with Crippen molar-refractivity contribution in [3.05, 3.63) is 48.5 Å². The Hall–Kier alpha value is -1.91. The van der Waals surface area contributed by atoms with Crippen LogP contribution in [-0.2, 0) is 4.74 Å². The van der Waals surface area contributed by atoms with Crippen molar-refractivity contribution < 1.29 is 9.47 Å².